The second kappa shape index (κ2) is 6.57. The summed E-state index contributed by atoms with van der Waals surface area (Å²) < 4.78 is 11.8. The van der Waals surface area contributed by atoms with E-state index in [9.17, 15) is 4.21 Å². The van der Waals surface area contributed by atoms with Gasteiger partial charge in [-0.2, -0.15) is 0 Å². The zero-order valence-corrected chi connectivity index (χ0v) is 10.2. The van der Waals surface area contributed by atoms with Crippen LogP contribution in [0, 0.1) is 0 Å². The van der Waals surface area contributed by atoms with Crippen molar-refractivity contribution >= 4 is 10.8 Å². The summed E-state index contributed by atoms with van der Waals surface area (Å²) in [6, 6.07) is 0.635. The Kier molecular flexibility index (Phi) is 5.71. The molecule has 1 N–H and O–H groups in total. The summed E-state index contributed by atoms with van der Waals surface area (Å²) in [4.78, 5) is 0. The molecule has 1 aliphatic carbocycles. The minimum Gasteiger partial charge on any atom is -0.314 e. The summed E-state index contributed by atoms with van der Waals surface area (Å²) in [5.74, 6) is 0.917. The van der Waals surface area contributed by atoms with Crippen LogP contribution < -0.4 is 5.32 Å². The summed E-state index contributed by atoms with van der Waals surface area (Å²) in [6.45, 7) is 5.34. The summed E-state index contributed by atoms with van der Waals surface area (Å²) in [6.07, 6.45) is 5.79. The van der Waals surface area contributed by atoms with Crippen LogP contribution in [0.15, 0.2) is 0 Å². The van der Waals surface area contributed by atoms with Crippen LogP contribution in [0.2, 0.25) is 0 Å². The van der Waals surface area contributed by atoms with E-state index in [0.717, 1.165) is 38.0 Å². The van der Waals surface area contributed by atoms with Crippen molar-refractivity contribution in [2.45, 2.75) is 57.2 Å². The van der Waals surface area contributed by atoms with Crippen LogP contribution in [-0.4, -0.2) is 27.8 Å². The molecule has 0 radical (unpaired) electrons. The van der Waals surface area contributed by atoms with Crippen molar-refractivity contribution in [3.8, 4) is 0 Å². The maximum absolute atomic E-state index is 11.8. The molecule has 0 aromatic rings. The molecule has 1 rings (SSSR count). The van der Waals surface area contributed by atoms with Crippen molar-refractivity contribution in [2.75, 3.05) is 12.3 Å². The van der Waals surface area contributed by atoms with Gasteiger partial charge in [-0.3, -0.25) is 4.21 Å². The van der Waals surface area contributed by atoms with Crippen LogP contribution in [0.1, 0.15) is 46.0 Å². The maximum Gasteiger partial charge on any atom is 0.0363 e. The summed E-state index contributed by atoms with van der Waals surface area (Å²) >= 11 is 0. The zero-order valence-electron chi connectivity index (χ0n) is 9.42. The van der Waals surface area contributed by atoms with E-state index in [-0.39, 0.29) is 0 Å². The maximum atomic E-state index is 11.8. The van der Waals surface area contributed by atoms with Crippen LogP contribution in [-0.2, 0) is 10.8 Å². The highest BCUT2D eigenvalue weighted by atomic mass is 32.2. The third kappa shape index (κ3) is 3.70. The molecule has 0 aromatic carbocycles. The lowest BCUT2D eigenvalue weighted by Crippen LogP contribution is -2.27. The predicted molar refractivity (Wildman–Crippen MR) is 63.0 cm³/mol. The zero-order chi connectivity index (χ0) is 10.4. The van der Waals surface area contributed by atoms with Gasteiger partial charge in [-0.25, -0.2) is 0 Å². The van der Waals surface area contributed by atoms with Gasteiger partial charge in [0, 0.05) is 27.8 Å². The fraction of sp³-hybridized carbons (Fsp3) is 1.00. The molecular weight excluding hydrogens is 194 g/mol. The molecule has 1 aliphatic rings. The second-order valence-corrected chi connectivity index (χ2v) is 5.96. The van der Waals surface area contributed by atoms with E-state index >= 15 is 0 Å². The lowest BCUT2D eigenvalue weighted by molar-refractivity contribution is 0.542. The average molecular weight is 217 g/mol. The van der Waals surface area contributed by atoms with E-state index in [4.69, 9.17) is 0 Å². The standard InChI is InChI=1S/C11H23NOS/c1-3-5-8-14(13)11-7-6-10(9-11)12-4-2/h10-12H,3-9H2,1-2H3. The molecular formula is C11H23NOS. The number of nitrogens with one attached hydrogen (secondary N) is 1. The van der Waals surface area contributed by atoms with E-state index in [0.29, 0.717) is 11.3 Å². The molecule has 0 saturated heterocycles. The summed E-state index contributed by atoms with van der Waals surface area (Å²) in [5.41, 5.74) is 0. The smallest absolute Gasteiger partial charge is 0.0363 e. The molecule has 0 heterocycles. The van der Waals surface area contributed by atoms with Crippen molar-refractivity contribution in [3.63, 3.8) is 0 Å². The van der Waals surface area contributed by atoms with Crippen molar-refractivity contribution in [3.05, 3.63) is 0 Å². The molecule has 1 fully saturated rings. The van der Waals surface area contributed by atoms with E-state index in [1.807, 2.05) is 0 Å². The first kappa shape index (κ1) is 12.2. The minimum atomic E-state index is -0.560. The van der Waals surface area contributed by atoms with Crippen LogP contribution in [0.4, 0.5) is 0 Å². The molecule has 1 saturated carbocycles. The number of rotatable bonds is 6. The molecule has 2 nitrogen and oxygen atoms in total. The van der Waals surface area contributed by atoms with E-state index in [1.165, 1.54) is 6.42 Å². The fourth-order valence-electron chi connectivity index (χ4n) is 2.11. The van der Waals surface area contributed by atoms with Crippen molar-refractivity contribution in [2.24, 2.45) is 0 Å². The molecule has 3 heteroatoms. The van der Waals surface area contributed by atoms with Gasteiger partial charge in [-0.1, -0.05) is 20.3 Å². The highest BCUT2D eigenvalue weighted by Gasteiger charge is 2.27. The molecule has 84 valence electrons. The minimum absolute atomic E-state index is 0.477. The number of hydrogen-bond donors (Lipinski definition) is 1. The van der Waals surface area contributed by atoms with Gasteiger partial charge in [-0.05, 0) is 32.2 Å². The quantitative estimate of drug-likeness (QED) is 0.738. The number of unbranched alkanes of at least 4 members (excludes halogenated alkanes) is 1. The Morgan fingerprint density at radius 2 is 2.14 bits per heavy atom. The van der Waals surface area contributed by atoms with Gasteiger partial charge in [0.05, 0.1) is 0 Å². The van der Waals surface area contributed by atoms with Crippen LogP contribution in [0.3, 0.4) is 0 Å². The summed E-state index contributed by atoms with van der Waals surface area (Å²) in [5, 5.41) is 3.93. The largest absolute Gasteiger partial charge is 0.314 e. The normalized spacial score (nSPS) is 29.3. The van der Waals surface area contributed by atoms with Gasteiger partial charge < -0.3 is 5.32 Å². The predicted octanol–water partition coefficient (Wildman–Crippen LogP) is 2.07. The highest BCUT2D eigenvalue weighted by molar-refractivity contribution is 7.85. The number of hydrogen-bond acceptors (Lipinski definition) is 2. The first-order valence-corrected chi connectivity index (χ1v) is 7.26. The second-order valence-electron chi connectivity index (χ2n) is 4.13. The Bertz CT molecular complexity index is 184. The van der Waals surface area contributed by atoms with E-state index in [2.05, 4.69) is 19.2 Å². The van der Waals surface area contributed by atoms with Crippen LogP contribution in [0.5, 0.6) is 0 Å². The lowest BCUT2D eigenvalue weighted by atomic mass is 10.2. The Morgan fingerprint density at radius 3 is 2.79 bits per heavy atom. The fourth-order valence-corrected chi connectivity index (χ4v) is 3.86. The molecule has 0 aliphatic heterocycles. The lowest BCUT2D eigenvalue weighted by Gasteiger charge is -2.11. The van der Waals surface area contributed by atoms with Gasteiger partial charge in [-0.15, -0.1) is 0 Å². The Balaban J connectivity index is 2.23. The van der Waals surface area contributed by atoms with Crippen LogP contribution >= 0.6 is 0 Å². The van der Waals surface area contributed by atoms with Gasteiger partial charge in [0.15, 0.2) is 0 Å². The van der Waals surface area contributed by atoms with E-state index < -0.39 is 10.8 Å². The van der Waals surface area contributed by atoms with Gasteiger partial charge >= 0.3 is 0 Å². The average Bonchev–Trinajstić information content (AvgIpc) is 2.63. The van der Waals surface area contributed by atoms with Crippen molar-refractivity contribution in [1.29, 1.82) is 0 Å². The molecule has 0 amide bonds. The van der Waals surface area contributed by atoms with Crippen molar-refractivity contribution < 1.29 is 4.21 Å². The topological polar surface area (TPSA) is 29.1 Å². The van der Waals surface area contributed by atoms with Crippen LogP contribution in [0.25, 0.3) is 0 Å². The Hall–Kier alpha value is 0.110. The van der Waals surface area contributed by atoms with E-state index in [1.54, 1.807) is 0 Å². The molecule has 0 spiro atoms. The Labute approximate surface area is 90.3 Å². The molecule has 3 unspecified atom stereocenters. The Morgan fingerprint density at radius 1 is 1.36 bits per heavy atom. The molecule has 0 bridgehead atoms. The van der Waals surface area contributed by atoms with Crippen molar-refractivity contribution in [1.82, 2.24) is 5.32 Å². The van der Waals surface area contributed by atoms with Gasteiger partial charge in [0.25, 0.3) is 0 Å². The molecule has 14 heavy (non-hydrogen) atoms. The summed E-state index contributed by atoms with van der Waals surface area (Å²) in [7, 11) is -0.560. The third-order valence-electron chi connectivity index (χ3n) is 2.95. The SMILES string of the molecule is CCCCS(=O)C1CCC(NCC)C1. The van der Waals surface area contributed by atoms with Gasteiger partial charge in [0.1, 0.15) is 0 Å². The third-order valence-corrected chi connectivity index (χ3v) is 4.81. The highest BCUT2D eigenvalue weighted by Crippen LogP contribution is 2.24. The molecule has 3 atom stereocenters. The first-order chi connectivity index (χ1) is 6.77. The first-order valence-electron chi connectivity index (χ1n) is 5.88. The van der Waals surface area contributed by atoms with Gasteiger partial charge in [0.2, 0.25) is 0 Å². The monoisotopic (exact) mass is 217 g/mol. The molecule has 0 aromatic heterocycles.